The van der Waals surface area contributed by atoms with E-state index >= 15 is 0 Å². The third kappa shape index (κ3) is 2.63. The average Bonchev–Trinajstić information content (AvgIpc) is 2.75. The van der Waals surface area contributed by atoms with Crippen molar-refractivity contribution in [3.8, 4) is 0 Å². The van der Waals surface area contributed by atoms with Crippen molar-refractivity contribution in [2.24, 2.45) is 5.92 Å². The summed E-state index contributed by atoms with van der Waals surface area (Å²) >= 11 is 6.13. The molecule has 5 heteroatoms. The van der Waals surface area contributed by atoms with E-state index in [1.54, 1.807) is 0 Å². The summed E-state index contributed by atoms with van der Waals surface area (Å²) in [6.07, 6.45) is 1.38. The van der Waals surface area contributed by atoms with Crippen LogP contribution in [0.4, 0.5) is 0 Å². The summed E-state index contributed by atoms with van der Waals surface area (Å²) in [6, 6.07) is 0. The predicted molar refractivity (Wildman–Crippen MR) is 67.3 cm³/mol. The first kappa shape index (κ1) is 12.8. The minimum absolute atomic E-state index is 0.0388. The van der Waals surface area contributed by atoms with Crippen LogP contribution < -0.4 is 0 Å². The van der Waals surface area contributed by atoms with E-state index in [-0.39, 0.29) is 5.41 Å². The van der Waals surface area contributed by atoms with Crippen LogP contribution in [-0.4, -0.2) is 27.5 Å². The van der Waals surface area contributed by atoms with Gasteiger partial charge in [0, 0.05) is 24.5 Å². The van der Waals surface area contributed by atoms with Gasteiger partial charge in [-0.25, -0.2) is 0 Å². The summed E-state index contributed by atoms with van der Waals surface area (Å²) in [6.45, 7) is 10.2. The zero-order chi connectivity index (χ0) is 12.6. The third-order valence-electron chi connectivity index (χ3n) is 3.33. The van der Waals surface area contributed by atoms with Gasteiger partial charge >= 0.3 is 0 Å². The second-order valence-electron chi connectivity index (χ2n) is 5.78. The molecule has 1 saturated heterocycles. The van der Waals surface area contributed by atoms with Crippen LogP contribution in [0.25, 0.3) is 0 Å². The SMILES string of the molecule is CC1OCCC1Cn1c(Cl)nnc1C(C)(C)C. The molecule has 96 valence electrons. The summed E-state index contributed by atoms with van der Waals surface area (Å²) in [5.41, 5.74) is -0.0388. The number of hydrogen-bond acceptors (Lipinski definition) is 3. The third-order valence-corrected chi connectivity index (χ3v) is 3.61. The average molecular weight is 258 g/mol. The molecule has 2 unspecified atom stereocenters. The van der Waals surface area contributed by atoms with E-state index < -0.39 is 0 Å². The second-order valence-corrected chi connectivity index (χ2v) is 6.12. The lowest BCUT2D eigenvalue weighted by Gasteiger charge is -2.22. The van der Waals surface area contributed by atoms with Crippen molar-refractivity contribution in [1.82, 2.24) is 14.8 Å². The molecule has 1 aliphatic rings. The fraction of sp³-hybridized carbons (Fsp3) is 0.833. The highest BCUT2D eigenvalue weighted by Gasteiger charge is 2.29. The summed E-state index contributed by atoms with van der Waals surface area (Å²) in [4.78, 5) is 0. The molecule has 0 aromatic carbocycles. The molecule has 2 rings (SSSR count). The van der Waals surface area contributed by atoms with E-state index in [0.29, 0.717) is 17.3 Å². The number of nitrogens with zero attached hydrogens (tertiary/aromatic N) is 3. The lowest BCUT2D eigenvalue weighted by molar-refractivity contribution is 0.101. The highest BCUT2D eigenvalue weighted by Crippen LogP contribution is 2.28. The van der Waals surface area contributed by atoms with Gasteiger partial charge in [-0.15, -0.1) is 10.2 Å². The highest BCUT2D eigenvalue weighted by molar-refractivity contribution is 6.28. The topological polar surface area (TPSA) is 39.9 Å². The quantitative estimate of drug-likeness (QED) is 0.818. The molecule has 1 aromatic heterocycles. The van der Waals surface area contributed by atoms with E-state index in [2.05, 4.69) is 37.9 Å². The molecule has 1 aliphatic heterocycles. The van der Waals surface area contributed by atoms with Crippen molar-refractivity contribution < 1.29 is 4.74 Å². The van der Waals surface area contributed by atoms with Gasteiger partial charge in [0.25, 0.3) is 0 Å². The zero-order valence-electron chi connectivity index (χ0n) is 10.9. The molecule has 1 aromatic rings. The maximum absolute atomic E-state index is 6.13. The van der Waals surface area contributed by atoms with Crippen molar-refractivity contribution in [3.05, 3.63) is 11.1 Å². The fourth-order valence-corrected chi connectivity index (χ4v) is 2.44. The molecule has 0 spiro atoms. The molecule has 0 bridgehead atoms. The number of ether oxygens (including phenoxy) is 1. The Bertz CT molecular complexity index is 397. The highest BCUT2D eigenvalue weighted by atomic mass is 35.5. The van der Waals surface area contributed by atoms with Crippen molar-refractivity contribution in [3.63, 3.8) is 0 Å². The molecule has 0 N–H and O–H groups in total. The minimum atomic E-state index is -0.0388. The molecule has 4 nitrogen and oxygen atoms in total. The first-order valence-corrected chi connectivity index (χ1v) is 6.48. The van der Waals surface area contributed by atoms with Crippen LogP contribution in [0, 0.1) is 5.92 Å². The van der Waals surface area contributed by atoms with E-state index in [4.69, 9.17) is 16.3 Å². The predicted octanol–water partition coefficient (Wildman–Crippen LogP) is 2.65. The zero-order valence-corrected chi connectivity index (χ0v) is 11.7. The van der Waals surface area contributed by atoms with Crippen LogP contribution >= 0.6 is 11.6 Å². The van der Waals surface area contributed by atoms with Gasteiger partial charge in [-0.2, -0.15) is 0 Å². The van der Waals surface area contributed by atoms with Gasteiger partial charge in [-0.3, -0.25) is 0 Å². The van der Waals surface area contributed by atoms with E-state index in [1.165, 1.54) is 0 Å². The van der Waals surface area contributed by atoms with Crippen LogP contribution in [0.3, 0.4) is 0 Å². The van der Waals surface area contributed by atoms with Crippen molar-refractivity contribution in [2.45, 2.75) is 52.2 Å². The summed E-state index contributed by atoms with van der Waals surface area (Å²) in [5, 5.41) is 8.66. The lowest BCUT2D eigenvalue weighted by Crippen LogP contribution is -2.24. The van der Waals surface area contributed by atoms with Gasteiger partial charge in [0.2, 0.25) is 5.28 Å². The van der Waals surface area contributed by atoms with Gasteiger partial charge in [-0.05, 0) is 24.9 Å². The second kappa shape index (κ2) is 4.58. The van der Waals surface area contributed by atoms with Gasteiger partial charge < -0.3 is 9.30 Å². The molecular weight excluding hydrogens is 238 g/mol. The molecule has 0 aliphatic carbocycles. The van der Waals surface area contributed by atoms with Crippen molar-refractivity contribution in [1.29, 1.82) is 0 Å². The fourth-order valence-electron chi connectivity index (χ4n) is 2.25. The number of aromatic nitrogens is 3. The monoisotopic (exact) mass is 257 g/mol. The van der Waals surface area contributed by atoms with E-state index in [1.807, 2.05) is 4.57 Å². The number of halogens is 1. The first-order valence-electron chi connectivity index (χ1n) is 6.10. The first-order chi connectivity index (χ1) is 7.89. The van der Waals surface area contributed by atoms with Crippen molar-refractivity contribution >= 4 is 11.6 Å². The maximum atomic E-state index is 6.13. The molecule has 2 heterocycles. The number of rotatable bonds is 2. The van der Waals surface area contributed by atoms with Crippen LogP contribution in [0.2, 0.25) is 5.28 Å². The molecular formula is C12H20ClN3O. The molecule has 0 radical (unpaired) electrons. The minimum Gasteiger partial charge on any atom is -0.378 e. The Labute approximate surface area is 107 Å². The maximum Gasteiger partial charge on any atom is 0.225 e. The summed E-state index contributed by atoms with van der Waals surface area (Å²) in [7, 11) is 0. The summed E-state index contributed by atoms with van der Waals surface area (Å²) in [5.74, 6) is 1.45. The molecule has 17 heavy (non-hydrogen) atoms. The van der Waals surface area contributed by atoms with Crippen LogP contribution in [0.15, 0.2) is 0 Å². The standard InChI is InChI=1S/C12H20ClN3O/c1-8-9(5-6-17-8)7-16-10(12(2,3)4)14-15-11(16)13/h8-9H,5-7H2,1-4H3. The normalized spacial score (nSPS) is 25.5. The Morgan fingerprint density at radius 3 is 2.65 bits per heavy atom. The Morgan fingerprint density at radius 1 is 1.41 bits per heavy atom. The van der Waals surface area contributed by atoms with Crippen molar-refractivity contribution in [2.75, 3.05) is 6.61 Å². The molecule has 1 fully saturated rings. The van der Waals surface area contributed by atoms with Gasteiger partial charge in [0.15, 0.2) is 0 Å². The van der Waals surface area contributed by atoms with Crippen LogP contribution in [-0.2, 0) is 16.7 Å². The van der Waals surface area contributed by atoms with Gasteiger partial charge in [0.1, 0.15) is 5.82 Å². The Morgan fingerprint density at radius 2 is 2.12 bits per heavy atom. The van der Waals surface area contributed by atoms with E-state index in [0.717, 1.165) is 25.4 Å². The Kier molecular flexibility index (Phi) is 3.46. The lowest BCUT2D eigenvalue weighted by atomic mass is 9.95. The van der Waals surface area contributed by atoms with E-state index in [9.17, 15) is 0 Å². The summed E-state index contributed by atoms with van der Waals surface area (Å²) < 4.78 is 7.61. The van der Waals surface area contributed by atoms with Gasteiger partial charge in [-0.1, -0.05) is 20.8 Å². The smallest absolute Gasteiger partial charge is 0.225 e. The molecule has 0 amide bonds. The molecule has 0 saturated carbocycles. The Hall–Kier alpha value is -0.610. The number of hydrogen-bond donors (Lipinski definition) is 0. The van der Waals surface area contributed by atoms with Crippen LogP contribution in [0.5, 0.6) is 0 Å². The van der Waals surface area contributed by atoms with Crippen LogP contribution in [0.1, 0.15) is 39.9 Å². The Balaban J connectivity index is 2.23. The van der Waals surface area contributed by atoms with Gasteiger partial charge in [0.05, 0.1) is 6.10 Å². The molecule has 2 atom stereocenters. The largest absolute Gasteiger partial charge is 0.378 e.